The maximum Gasteiger partial charge on any atom is 0.423 e. The van der Waals surface area contributed by atoms with Crippen LogP contribution in [0.1, 0.15) is 17.4 Å². The van der Waals surface area contributed by atoms with Gasteiger partial charge in [0.2, 0.25) is 0 Å². The largest absolute Gasteiger partial charge is 0.501 e. The molecule has 2 N–H and O–H groups in total. The predicted octanol–water partition coefficient (Wildman–Crippen LogP) is 1.80. The third-order valence-electron chi connectivity index (χ3n) is 4.52. The third kappa shape index (κ3) is 6.38. The molecule has 34 heavy (non-hydrogen) atoms. The second kappa shape index (κ2) is 11.2. The Balaban J connectivity index is 2.65. The lowest BCUT2D eigenvalue weighted by Crippen LogP contribution is -2.44. The number of nitrogens with one attached hydrogen (secondary N) is 1. The van der Waals surface area contributed by atoms with Crippen molar-refractivity contribution in [2.45, 2.75) is 39.7 Å². The lowest BCUT2D eigenvalue weighted by Gasteiger charge is -2.19. The van der Waals surface area contributed by atoms with Crippen LogP contribution in [0.5, 0.6) is 0 Å². The van der Waals surface area contributed by atoms with Crippen LogP contribution in [0.25, 0.3) is 10.2 Å². The number of rotatable bonds is 9. The molecule has 0 saturated heterocycles. The van der Waals surface area contributed by atoms with E-state index in [1.54, 1.807) is 6.92 Å². The fourth-order valence-corrected chi connectivity index (χ4v) is 4.32. The summed E-state index contributed by atoms with van der Waals surface area (Å²) in [7, 11) is 1.34. The van der Waals surface area contributed by atoms with E-state index < -0.39 is 36.0 Å². The SMILES string of the molecule is CCO/C=C/C(=O)N(Cc1sc2c(c1C)c(=O)n(CC(F)(F)F)c(=O)n2CCOC)NC(=O)O. The minimum Gasteiger partial charge on any atom is -0.501 e. The van der Waals surface area contributed by atoms with Gasteiger partial charge in [0.15, 0.2) is 0 Å². The van der Waals surface area contributed by atoms with E-state index in [4.69, 9.17) is 14.6 Å². The molecule has 15 heteroatoms. The molecule has 2 heterocycles. The molecule has 0 bridgehead atoms. The third-order valence-corrected chi connectivity index (χ3v) is 5.82. The topological polar surface area (TPSA) is 132 Å². The van der Waals surface area contributed by atoms with Gasteiger partial charge >= 0.3 is 18.0 Å². The number of aromatic nitrogens is 2. The zero-order valence-electron chi connectivity index (χ0n) is 18.5. The van der Waals surface area contributed by atoms with E-state index >= 15 is 0 Å². The number of hydrogen-bond donors (Lipinski definition) is 2. The van der Waals surface area contributed by atoms with Crippen LogP contribution in [-0.2, 0) is 33.9 Å². The van der Waals surface area contributed by atoms with Crippen LogP contribution in [0, 0.1) is 6.92 Å². The van der Waals surface area contributed by atoms with Crippen molar-refractivity contribution in [3.63, 3.8) is 0 Å². The highest BCUT2D eigenvalue weighted by molar-refractivity contribution is 7.18. The number of amides is 2. The van der Waals surface area contributed by atoms with E-state index in [2.05, 4.69) is 0 Å². The highest BCUT2D eigenvalue weighted by atomic mass is 32.1. The van der Waals surface area contributed by atoms with Crippen LogP contribution in [0.4, 0.5) is 18.0 Å². The molecule has 2 aromatic rings. The second-order valence-electron chi connectivity index (χ2n) is 6.86. The molecule has 0 saturated carbocycles. The second-order valence-corrected chi connectivity index (χ2v) is 7.95. The Morgan fingerprint density at radius 2 is 1.94 bits per heavy atom. The van der Waals surface area contributed by atoms with Gasteiger partial charge < -0.3 is 14.6 Å². The fourth-order valence-electron chi connectivity index (χ4n) is 3.01. The molecule has 2 amide bonds. The van der Waals surface area contributed by atoms with Crippen molar-refractivity contribution in [3.05, 3.63) is 43.6 Å². The molecule has 11 nitrogen and oxygen atoms in total. The van der Waals surface area contributed by atoms with E-state index in [1.165, 1.54) is 14.0 Å². The summed E-state index contributed by atoms with van der Waals surface area (Å²) in [4.78, 5) is 49.5. The fraction of sp³-hybridized carbons (Fsp3) is 0.474. The molecule has 0 aliphatic heterocycles. The van der Waals surface area contributed by atoms with E-state index in [9.17, 15) is 32.3 Å². The summed E-state index contributed by atoms with van der Waals surface area (Å²) in [5.41, 5.74) is -0.152. The summed E-state index contributed by atoms with van der Waals surface area (Å²) in [5, 5.41) is 9.67. The van der Waals surface area contributed by atoms with Crippen LogP contribution < -0.4 is 16.7 Å². The number of nitrogens with zero attached hydrogens (tertiary/aromatic N) is 3. The van der Waals surface area contributed by atoms with E-state index in [1.807, 2.05) is 5.43 Å². The van der Waals surface area contributed by atoms with E-state index in [0.717, 1.165) is 33.3 Å². The summed E-state index contributed by atoms with van der Waals surface area (Å²) in [6.07, 6.45) is -4.30. The summed E-state index contributed by atoms with van der Waals surface area (Å²) in [5.74, 6) is -0.793. The molecule has 0 aliphatic rings. The highest BCUT2D eigenvalue weighted by Gasteiger charge is 2.32. The number of carbonyl (C=O) groups excluding carboxylic acids is 1. The number of alkyl halides is 3. The highest BCUT2D eigenvalue weighted by Crippen LogP contribution is 2.29. The number of carboxylic acid groups (broad SMARTS) is 1. The first kappa shape index (κ1) is 26.9. The summed E-state index contributed by atoms with van der Waals surface area (Å²) in [6, 6.07) is 0. The maximum absolute atomic E-state index is 13.0. The normalized spacial score (nSPS) is 11.8. The molecule has 0 aromatic carbocycles. The molecule has 0 atom stereocenters. The molecular weight excluding hydrogens is 485 g/mol. The Morgan fingerprint density at radius 1 is 1.26 bits per heavy atom. The van der Waals surface area contributed by atoms with Gasteiger partial charge in [-0.15, -0.1) is 11.3 Å². The Bertz CT molecular complexity index is 1200. The lowest BCUT2D eigenvalue weighted by molar-refractivity contribution is -0.142. The molecular formula is C19H23F3N4O7S. The zero-order valence-corrected chi connectivity index (χ0v) is 19.3. The Hall–Kier alpha value is -3.33. The van der Waals surface area contributed by atoms with E-state index in [0.29, 0.717) is 0 Å². The summed E-state index contributed by atoms with van der Waals surface area (Å²) >= 11 is 0.888. The van der Waals surface area contributed by atoms with Crippen molar-refractivity contribution in [2.75, 3.05) is 20.3 Å². The minimum atomic E-state index is -4.82. The van der Waals surface area contributed by atoms with Crippen LogP contribution in [-0.4, -0.2) is 57.7 Å². The van der Waals surface area contributed by atoms with Crippen molar-refractivity contribution in [1.29, 1.82) is 0 Å². The summed E-state index contributed by atoms with van der Waals surface area (Å²) < 4.78 is 50.1. The number of aryl methyl sites for hydroxylation is 1. The first-order valence-electron chi connectivity index (χ1n) is 9.81. The van der Waals surface area contributed by atoms with Crippen LogP contribution >= 0.6 is 11.3 Å². The zero-order chi connectivity index (χ0) is 25.6. The van der Waals surface area contributed by atoms with Gasteiger partial charge in [-0.05, 0) is 19.4 Å². The van der Waals surface area contributed by atoms with Gasteiger partial charge in [0.05, 0.1) is 38.0 Å². The van der Waals surface area contributed by atoms with E-state index in [-0.39, 0.29) is 51.5 Å². The number of methoxy groups -OCH3 is 1. The number of thiophene rings is 1. The number of hydrazine groups is 1. The Kier molecular flexibility index (Phi) is 8.86. The van der Waals surface area contributed by atoms with Crippen molar-refractivity contribution in [2.24, 2.45) is 0 Å². The van der Waals surface area contributed by atoms with Gasteiger partial charge in [0, 0.05) is 18.1 Å². The smallest absolute Gasteiger partial charge is 0.423 e. The van der Waals surface area contributed by atoms with Crippen molar-refractivity contribution < 1.29 is 37.3 Å². The number of carbonyl (C=O) groups is 2. The van der Waals surface area contributed by atoms with Crippen molar-refractivity contribution >= 4 is 33.6 Å². The monoisotopic (exact) mass is 508 g/mol. The molecule has 0 unspecified atom stereocenters. The average Bonchev–Trinajstić information content (AvgIpc) is 3.05. The van der Waals surface area contributed by atoms with Gasteiger partial charge in [0.25, 0.3) is 11.5 Å². The van der Waals surface area contributed by atoms with Gasteiger partial charge in [0.1, 0.15) is 11.4 Å². The lowest BCUT2D eigenvalue weighted by atomic mass is 10.2. The molecule has 2 rings (SSSR count). The molecule has 0 aliphatic carbocycles. The van der Waals surface area contributed by atoms with Crippen molar-refractivity contribution in [1.82, 2.24) is 19.6 Å². The molecule has 188 valence electrons. The van der Waals surface area contributed by atoms with Gasteiger partial charge in [-0.25, -0.2) is 20.0 Å². The van der Waals surface area contributed by atoms with Crippen LogP contribution in [0.15, 0.2) is 21.9 Å². The quantitative estimate of drug-likeness (QED) is 0.300. The number of hydrogen-bond acceptors (Lipinski definition) is 7. The molecule has 0 radical (unpaired) electrons. The van der Waals surface area contributed by atoms with Crippen molar-refractivity contribution in [3.8, 4) is 0 Å². The average molecular weight is 508 g/mol. The standard InChI is InChI=1S/C19H23F3N4O7S/c1-4-33-7-5-13(27)26(23-17(29)30)9-12-11(2)14-15(28)25(10-19(20,21)22)18(31)24(6-8-32-3)16(14)34-12/h5,7,23H,4,6,8-10H2,1-3H3,(H,29,30)/b7-5+. The number of fused-ring (bicyclic) bond motifs is 1. The van der Waals surface area contributed by atoms with Crippen LogP contribution in [0.3, 0.4) is 0 Å². The first-order chi connectivity index (χ1) is 15.9. The number of ether oxygens (including phenoxy) is 2. The Morgan fingerprint density at radius 3 is 2.50 bits per heavy atom. The van der Waals surface area contributed by atoms with Gasteiger partial charge in [-0.3, -0.25) is 18.7 Å². The predicted molar refractivity (Wildman–Crippen MR) is 115 cm³/mol. The first-order valence-corrected chi connectivity index (χ1v) is 10.6. The molecule has 0 spiro atoms. The minimum absolute atomic E-state index is 0.0150. The maximum atomic E-state index is 13.0. The van der Waals surface area contributed by atoms with Gasteiger partial charge in [-0.1, -0.05) is 0 Å². The Labute approximate surface area is 194 Å². The number of halogens is 3. The van der Waals surface area contributed by atoms with Gasteiger partial charge in [-0.2, -0.15) is 13.2 Å². The molecule has 2 aromatic heterocycles. The molecule has 0 fully saturated rings. The summed E-state index contributed by atoms with van der Waals surface area (Å²) in [6.45, 7) is 1.12. The van der Waals surface area contributed by atoms with Crippen LogP contribution in [0.2, 0.25) is 0 Å².